The zero-order valence-electron chi connectivity index (χ0n) is 14.2. The third-order valence-electron chi connectivity index (χ3n) is 4.90. The maximum absolute atomic E-state index is 12.6. The van der Waals surface area contributed by atoms with Gasteiger partial charge in [0.05, 0.1) is 18.1 Å². The summed E-state index contributed by atoms with van der Waals surface area (Å²) in [4.78, 5) is 28.4. The number of amides is 2. The fourth-order valence-electron chi connectivity index (χ4n) is 3.50. The molecule has 1 aromatic rings. The lowest BCUT2D eigenvalue weighted by atomic mass is 10.0. The van der Waals surface area contributed by atoms with Crippen molar-refractivity contribution in [3.8, 4) is 0 Å². The number of hydrogen-bond donors (Lipinski definition) is 2. The van der Waals surface area contributed by atoms with Crippen molar-refractivity contribution in [3.05, 3.63) is 35.4 Å². The predicted molar refractivity (Wildman–Crippen MR) is 90.3 cm³/mol. The Morgan fingerprint density at radius 3 is 2.83 bits per heavy atom. The summed E-state index contributed by atoms with van der Waals surface area (Å²) < 4.78 is 0. The average molecular weight is 331 g/mol. The molecule has 24 heavy (non-hydrogen) atoms. The zero-order chi connectivity index (χ0) is 17.3. The van der Waals surface area contributed by atoms with Crippen LogP contribution in [-0.2, 0) is 16.0 Å². The van der Waals surface area contributed by atoms with Gasteiger partial charge in [0.2, 0.25) is 11.8 Å². The monoisotopic (exact) mass is 331 g/mol. The summed E-state index contributed by atoms with van der Waals surface area (Å²) in [5, 5.41) is 13.2. The van der Waals surface area contributed by atoms with Gasteiger partial charge in [-0.3, -0.25) is 9.59 Å². The quantitative estimate of drug-likeness (QED) is 0.807. The van der Waals surface area contributed by atoms with Crippen molar-refractivity contribution in [1.82, 2.24) is 15.1 Å². The number of likely N-dealkylation sites (N-methyl/N-ethyl adjacent to an activating group) is 1. The van der Waals surface area contributed by atoms with Gasteiger partial charge in [0.1, 0.15) is 0 Å². The maximum Gasteiger partial charge on any atom is 0.225 e. The number of carbonyl (C=O) groups is 2. The molecule has 3 atom stereocenters. The van der Waals surface area contributed by atoms with Crippen LogP contribution in [0.1, 0.15) is 23.6 Å². The Hall–Kier alpha value is -1.92. The number of aliphatic hydroxyl groups is 1. The van der Waals surface area contributed by atoms with E-state index >= 15 is 0 Å². The molecule has 0 bridgehead atoms. The molecule has 6 nitrogen and oxygen atoms in total. The summed E-state index contributed by atoms with van der Waals surface area (Å²) >= 11 is 0. The van der Waals surface area contributed by atoms with Gasteiger partial charge in [0.15, 0.2) is 0 Å². The molecule has 130 valence electrons. The molecule has 2 aliphatic rings. The molecule has 0 saturated carbocycles. The van der Waals surface area contributed by atoms with E-state index in [0.717, 1.165) is 17.7 Å². The topological polar surface area (TPSA) is 72.9 Å². The summed E-state index contributed by atoms with van der Waals surface area (Å²) in [5.74, 6) is -0.444. The second-order valence-corrected chi connectivity index (χ2v) is 7.00. The Morgan fingerprint density at radius 2 is 2.08 bits per heavy atom. The van der Waals surface area contributed by atoms with Crippen LogP contribution in [-0.4, -0.2) is 66.6 Å². The lowest BCUT2D eigenvalue weighted by molar-refractivity contribution is -0.129. The Bertz CT molecular complexity index is 632. The van der Waals surface area contributed by atoms with Gasteiger partial charge in [0.25, 0.3) is 0 Å². The maximum atomic E-state index is 12.6. The van der Waals surface area contributed by atoms with Crippen molar-refractivity contribution in [2.24, 2.45) is 5.92 Å². The third kappa shape index (κ3) is 3.44. The second kappa shape index (κ2) is 6.91. The molecule has 0 spiro atoms. The lowest BCUT2D eigenvalue weighted by Crippen LogP contribution is -2.39. The van der Waals surface area contributed by atoms with Crippen molar-refractivity contribution < 1.29 is 14.7 Å². The number of benzene rings is 1. The second-order valence-electron chi connectivity index (χ2n) is 7.00. The minimum Gasteiger partial charge on any atom is -0.390 e. The SMILES string of the molecule is CN(C)CCN1CC(C(=O)NC2c3ccccc3CC2O)CC1=O. The molecule has 1 aliphatic carbocycles. The number of rotatable bonds is 5. The van der Waals surface area contributed by atoms with Crippen LogP contribution in [0.15, 0.2) is 24.3 Å². The van der Waals surface area contributed by atoms with E-state index in [1.54, 1.807) is 4.90 Å². The minimum absolute atomic E-state index is 0.0318. The molecule has 3 rings (SSSR count). The largest absolute Gasteiger partial charge is 0.390 e. The molecule has 1 fully saturated rings. The standard InChI is InChI=1S/C18H25N3O3/c1-20(2)7-8-21-11-13(10-16(21)23)18(24)19-17-14-6-4-3-5-12(14)9-15(17)22/h3-6,13,15,17,22H,7-11H2,1-2H3,(H,19,24). The van der Waals surface area contributed by atoms with Gasteiger partial charge >= 0.3 is 0 Å². The highest BCUT2D eigenvalue weighted by Crippen LogP contribution is 2.32. The molecule has 0 aromatic heterocycles. The van der Waals surface area contributed by atoms with E-state index in [4.69, 9.17) is 0 Å². The van der Waals surface area contributed by atoms with Gasteiger partial charge < -0.3 is 20.2 Å². The van der Waals surface area contributed by atoms with Gasteiger partial charge in [-0.1, -0.05) is 24.3 Å². The highest BCUT2D eigenvalue weighted by atomic mass is 16.3. The molecule has 1 saturated heterocycles. The van der Waals surface area contributed by atoms with E-state index in [9.17, 15) is 14.7 Å². The van der Waals surface area contributed by atoms with Crippen LogP contribution in [0.5, 0.6) is 0 Å². The molecule has 0 radical (unpaired) electrons. The van der Waals surface area contributed by atoms with Gasteiger partial charge in [-0.05, 0) is 25.2 Å². The Labute approximate surface area is 142 Å². The van der Waals surface area contributed by atoms with Crippen molar-refractivity contribution in [3.63, 3.8) is 0 Å². The molecule has 2 N–H and O–H groups in total. The first kappa shape index (κ1) is 16.9. The number of nitrogens with zero attached hydrogens (tertiary/aromatic N) is 2. The number of likely N-dealkylation sites (tertiary alicyclic amines) is 1. The average Bonchev–Trinajstić information content (AvgIpc) is 3.06. The lowest BCUT2D eigenvalue weighted by Gasteiger charge is -2.21. The van der Waals surface area contributed by atoms with E-state index in [1.165, 1.54) is 0 Å². The van der Waals surface area contributed by atoms with Gasteiger partial charge in [0, 0.05) is 32.5 Å². The summed E-state index contributed by atoms with van der Waals surface area (Å²) in [6.07, 6.45) is 0.206. The molecule has 6 heteroatoms. The fourth-order valence-corrected chi connectivity index (χ4v) is 3.50. The number of hydrogen-bond acceptors (Lipinski definition) is 4. The molecule has 1 heterocycles. The van der Waals surface area contributed by atoms with Crippen LogP contribution < -0.4 is 5.32 Å². The van der Waals surface area contributed by atoms with Crippen LogP contribution in [0.4, 0.5) is 0 Å². The molecular formula is C18H25N3O3. The predicted octanol–water partition coefficient (Wildman–Crippen LogP) is 0.171. The number of nitrogens with one attached hydrogen (secondary N) is 1. The van der Waals surface area contributed by atoms with Gasteiger partial charge in [-0.15, -0.1) is 0 Å². The van der Waals surface area contributed by atoms with Crippen molar-refractivity contribution in [2.45, 2.75) is 25.0 Å². The first-order valence-corrected chi connectivity index (χ1v) is 8.44. The minimum atomic E-state index is -0.603. The van der Waals surface area contributed by atoms with Gasteiger partial charge in [-0.25, -0.2) is 0 Å². The molecular weight excluding hydrogens is 306 g/mol. The van der Waals surface area contributed by atoms with Crippen molar-refractivity contribution in [1.29, 1.82) is 0 Å². The Balaban J connectivity index is 1.61. The molecule has 2 amide bonds. The number of aliphatic hydroxyl groups excluding tert-OH is 1. The highest BCUT2D eigenvalue weighted by molar-refractivity contribution is 5.89. The summed E-state index contributed by atoms with van der Waals surface area (Å²) in [6, 6.07) is 7.40. The number of carbonyl (C=O) groups excluding carboxylic acids is 2. The van der Waals surface area contributed by atoms with Crippen molar-refractivity contribution in [2.75, 3.05) is 33.7 Å². The van der Waals surface area contributed by atoms with E-state index < -0.39 is 6.10 Å². The summed E-state index contributed by atoms with van der Waals surface area (Å²) in [5.41, 5.74) is 2.05. The molecule has 1 aromatic carbocycles. The van der Waals surface area contributed by atoms with E-state index in [-0.39, 0.29) is 30.2 Å². The van der Waals surface area contributed by atoms with Crippen molar-refractivity contribution >= 4 is 11.8 Å². The summed E-state index contributed by atoms with van der Waals surface area (Å²) in [7, 11) is 3.92. The first-order chi connectivity index (χ1) is 11.5. The fraction of sp³-hybridized carbons (Fsp3) is 0.556. The smallest absolute Gasteiger partial charge is 0.225 e. The Morgan fingerprint density at radius 1 is 1.33 bits per heavy atom. The number of fused-ring (bicyclic) bond motifs is 1. The summed E-state index contributed by atoms with van der Waals surface area (Å²) in [6.45, 7) is 1.89. The van der Waals surface area contributed by atoms with Crippen LogP contribution >= 0.6 is 0 Å². The molecule has 3 unspecified atom stereocenters. The zero-order valence-corrected chi connectivity index (χ0v) is 14.2. The van der Waals surface area contributed by atoms with Crippen LogP contribution in [0.3, 0.4) is 0 Å². The van der Waals surface area contributed by atoms with E-state index in [1.807, 2.05) is 43.3 Å². The molecule has 1 aliphatic heterocycles. The van der Waals surface area contributed by atoms with E-state index in [0.29, 0.717) is 19.5 Å². The first-order valence-electron chi connectivity index (χ1n) is 8.44. The van der Waals surface area contributed by atoms with Crippen LogP contribution in [0.25, 0.3) is 0 Å². The van der Waals surface area contributed by atoms with Gasteiger partial charge in [-0.2, -0.15) is 0 Å². The Kier molecular flexibility index (Phi) is 4.87. The highest BCUT2D eigenvalue weighted by Gasteiger charge is 2.38. The third-order valence-corrected chi connectivity index (χ3v) is 4.90. The normalized spacial score (nSPS) is 26.1. The van der Waals surface area contributed by atoms with Crippen LogP contribution in [0.2, 0.25) is 0 Å². The van der Waals surface area contributed by atoms with E-state index in [2.05, 4.69) is 5.32 Å². The van der Waals surface area contributed by atoms with Crippen LogP contribution in [0, 0.1) is 5.92 Å².